The monoisotopic (exact) mass is 626 g/mol. The maximum absolute atomic E-state index is 15.3. The zero-order chi connectivity index (χ0) is 31.3. The average Bonchev–Trinajstić information content (AvgIpc) is 3.01. The van der Waals surface area contributed by atoms with Gasteiger partial charge in [0.05, 0.1) is 24.7 Å². The third kappa shape index (κ3) is 8.31. The quantitative estimate of drug-likeness (QED) is 0.194. The van der Waals surface area contributed by atoms with Gasteiger partial charge in [0.2, 0.25) is 0 Å². The van der Waals surface area contributed by atoms with Crippen LogP contribution in [0, 0.1) is 29.5 Å². The lowest BCUT2D eigenvalue weighted by Gasteiger charge is -2.39. The molecule has 3 aliphatic rings. The molecule has 0 N–H and O–H groups in total. The van der Waals surface area contributed by atoms with Crippen molar-refractivity contribution in [1.29, 1.82) is 0 Å². The smallest absolute Gasteiger partial charge is 0.416 e. The number of halogens is 6. The minimum atomic E-state index is -4.53. The van der Waals surface area contributed by atoms with E-state index in [2.05, 4.69) is 6.92 Å². The van der Waals surface area contributed by atoms with Crippen LogP contribution in [0.15, 0.2) is 42.5 Å². The van der Waals surface area contributed by atoms with Crippen LogP contribution >= 0.6 is 0 Å². The van der Waals surface area contributed by atoms with Gasteiger partial charge >= 0.3 is 12.3 Å². The van der Waals surface area contributed by atoms with Crippen LogP contribution in [0.5, 0.6) is 5.75 Å². The van der Waals surface area contributed by atoms with Gasteiger partial charge in [-0.15, -0.1) is 0 Å². The number of hydrogen-bond acceptors (Lipinski definition) is 3. The predicted octanol–water partition coefficient (Wildman–Crippen LogP) is 10.8. The lowest BCUT2D eigenvalue weighted by molar-refractivity contribution is -0.224. The second-order valence-corrected chi connectivity index (χ2v) is 13.1. The molecule has 0 spiro atoms. The number of rotatable bonds is 10. The van der Waals surface area contributed by atoms with Crippen molar-refractivity contribution in [3.63, 3.8) is 0 Å². The van der Waals surface area contributed by atoms with Gasteiger partial charge in [0, 0.05) is 11.5 Å². The first-order valence-corrected chi connectivity index (χ1v) is 16.3. The van der Waals surface area contributed by atoms with Crippen LogP contribution in [0.25, 0.3) is 0 Å². The standard InChI is InChI=1S/C35H44F6O3/c1-2-3-4-5-23-21-42-33(43-22-23)27-12-19-31(32(36)20-27)26-8-6-24(7-9-26)25-10-13-29(14-11-25)35(40,41)44-30-17-15-28(16-18-30)34(37,38)39/h12,15-20,23-26,29,33H,2-11,13-14,21-22H2,1H3. The summed E-state index contributed by atoms with van der Waals surface area (Å²) < 4.78 is 100. The van der Waals surface area contributed by atoms with Gasteiger partial charge in [-0.05, 0) is 111 Å². The second kappa shape index (κ2) is 14.4. The van der Waals surface area contributed by atoms with E-state index in [0.717, 1.165) is 61.9 Å². The van der Waals surface area contributed by atoms with Gasteiger partial charge in [-0.3, -0.25) is 0 Å². The number of unbranched alkanes of at least 4 members (excludes halogenated alkanes) is 2. The summed E-state index contributed by atoms with van der Waals surface area (Å²) in [5.74, 6) is -0.179. The van der Waals surface area contributed by atoms with Crippen molar-refractivity contribution in [3.8, 4) is 5.75 Å². The molecule has 0 unspecified atom stereocenters. The molecular formula is C35H44F6O3. The summed E-state index contributed by atoms with van der Waals surface area (Å²) in [4.78, 5) is 0. The fraction of sp³-hybridized carbons (Fsp3) is 0.657. The normalized spacial score (nSPS) is 28.5. The Morgan fingerprint density at radius 2 is 1.39 bits per heavy atom. The molecule has 5 rings (SSSR count). The number of ether oxygens (including phenoxy) is 3. The summed E-state index contributed by atoms with van der Waals surface area (Å²) in [7, 11) is 0. The Bertz CT molecular complexity index is 1180. The first-order valence-electron chi connectivity index (χ1n) is 16.3. The number of hydrogen-bond donors (Lipinski definition) is 0. The Kier molecular flexibility index (Phi) is 10.9. The summed E-state index contributed by atoms with van der Waals surface area (Å²) in [6, 6.07) is 8.74. The van der Waals surface area contributed by atoms with Crippen molar-refractivity contribution in [1.82, 2.24) is 0 Å². The molecule has 2 saturated carbocycles. The van der Waals surface area contributed by atoms with Gasteiger partial charge in [0.15, 0.2) is 6.29 Å². The van der Waals surface area contributed by atoms with E-state index in [4.69, 9.17) is 14.2 Å². The van der Waals surface area contributed by atoms with Crippen molar-refractivity contribution >= 4 is 0 Å². The van der Waals surface area contributed by atoms with E-state index in [1.54, 1.807) is 6.07 Å². The summed E-state index contributed by atoms with van der Waals surface area (Å²) in [5.41, 5.74) is 0.532. The molecule has 1 heterocycles. The van der Waals surface area contributed by atoms with E-state index in [1.807, 2.05) is 12.1 Å². The van der Waals surface area contributed by atoms with Crippen LogP contribution in [0.1, 0.15) is 113 Å². The minimum absolute atomic E-state index is 0.134. The molecule has 1 aliphatic heterocycles. The molecule has 0 amide bonds. The minimum Gasteiger partial charge on any atom is -0.432 e. The van der Waals surface area contributed by atoms with Crippen LogP contribution in [0.2, 0.25) is 0 Å². The molecule has 0 bridgehead atoms. The van der Waals surface area contributed by atoms with Crippen LogP contribution < -0.4 is 4.74 Å². The van der Waals surface area contributed by atoms with E-state index in [9.17, 15) is 22.0 Å². The third-order valence-electron chi connectivity index (χ3n) is 10.0. The van der Waals surface area contributed by atoms with E-state index in [0.29, 0.717) is 62.2 Å². The summed E-state index contributed by atoms with van der Waals surface area (Å²) in [6.45, 7) is 3.45. The summed E-state index contributed by atoms with van der Waals surface area (Å²) in [5, 5.41) is 0. The van der Waals surface area contributed by atoms with Gasteiger partial charge in [-0.25, -0.2) is 4.39 Å². The first-order chi connectivity index (χ1) is 21.0. The molecule has 2 aliphatic carbocycles. The molecule has 0 aromatic heterocycles. The fourth-order valence-corrected chi connectivity index (χ4v) is 7.39. The van der Waals surface area contributed by atoms with Crippen molar-refractivity contribution in [2.24, 2.45) is 23.7 Å². The maximum Gasteiger partial charge on any atom is 0.416 e. The Balaban J connectivity index is 1.06. The van der Waals surface area contributed by atoms with Crippen LogP contribution in [0.4, 0.5) is 26.3 Å². The van der Waals surface area contributed by atoms with Crippen molar-refractivity contribution in [2.45, 2.75) is 108 Å². The number of benzene rings is 2. The fourth-order valence-electron chi connectivity index (χ4n) is 7.39. The molecule has 44 heavy (non-hydrogen) atoms. The molecule has 0 atom stereocenters. The topological polar surface area (TPSA) is 27.7 Å². The first kappa shape index (κ1) is 33.1. The third-order valence-corrected chi connectivity index (χ3v) is 10.0. The van der Waals surface area contributed by atoms with Gasteiger partial charge in [0.1, 0.15) is 11.6 Å². The Labute approximate surface area is 256 Å². The molecule has 2 aromatic rings. The molecule has 244 valence electrons. The van der Waals surface area contributed by atoms with Gasteiger partial charge in [-0.1, -0.05) is 38.3 Å². The Morgan fingerprint density at radius 1 is 0.773 bits per heavy atom. The SMILES string of the molecule is CCCCCC1COC(c2ccc(C3CCC(C4CCC(C(F)(F)Oc5ccc(C(F)(F)F)cc5)CC4)CC3)c(F)c2)OC1. The summed E-state index contributed by atoms with van der Waals surface area (Å²) >= 11 is 0. The van der Waals surface area contributed by atoms with Gasteiger partial charge < -0.3 is 14.2 Å². The van der Waals surface area contributed by atoms with E-state index >= 15 is 4.39 Å². The van der Waals surface area contributed by atoms with Crippen LogP contribution in [0.3, 0.4) is 0 Å². The lowest BCUT2D eigenvalue weighted by Crippen LogP contribution is -2.38. The van der Waals surface area contributed by atoms with Crippen LogP contribution in [-0.2, 0) is 15.7 Å². The van der Waals surface area contributed by atoms with E-state index in [1.165, 1.54) is 19.3 Å². The van der Waals surface area contributed by atoms with E-state index in [-0.39, 0.29) is 17.5 Å². The molecule has 3 fully saturated rings. The molecule has 1 saturated heterocycles. The highest BCUT2D eigenvalue weighted by atomic mass is 19.4. The lowest BCUT2D eigenvalue weighted by atomic mass is 9.68. The molecule has 2 aromatic carbocycles. The summed E-state index contributed by atoms with van der Waals surface area (Å²) in [6.07, 6.45) is 1.68. The highest BCUT2D eigenvalue weighted by molar-refractivity contribution is 5.30. The second-order valence-electron chi connectivity index (χ2n) is 13.1. The maximum atomic E-state index is 15.3. The zero-order valence-electron chi connectivity index (χ0n) is 25.4. The largest absolute Gasteiger partial charge is 0.432 e. The highest BCUT2D eigenvalue weighted by Gasteiger charge is 2.45. The zero-order valence-corrected chi connectivity index (χ0v) is 25.4. The highest BCUT2D eigenvalue weighted by Crippen LogP contribution is 2.47. The molecule has 3 nitrogen and oxygen atoms in total. The molecule has 0 radical (unpaired) electrons. The van der Waals surface area contributed by atoms with Crippen molar-refractivity contribution < 1.29 is 40.6 Å². The van der Waals surface area contributed by atoms with Crippen LogP contribution in [-0.4, -0.2) is 19.3 Å². The van der Waals surface area contributed by atoms with Gasteiger partial charge in [0.25, 0.3) is 0 Å². The van der Waals surface area contributed by atoms with Gasteiger partial charge in [-0.2, -0.15) is 22.0 Å². The Hall–Kier alpha value is -2.26. The Morgan fingerprint density at radius 3 is 1.95 bits per heavy atom. The number of alkyl halides is 5. The predicted molar refractivity (Wildman–Crippen MR) is 156 cm³/mol. The van der Waals surface area contributed by atoms with Crippen molar-refractivity contribution in [2.75, 3.05) is 13.2 Å². The van der Waals surface area contributed by atoms with E-state index < -0.39 is 30.1 Å². The van der Waals surface area contributed by atoms with Crippen molar-refractivity contribution in [3.05, 3.63) is 65.0 Å². The molecule has 9 heteroatoms. The molecular weight excluding hydrogens is 582 g/mol. The average molecular weight is 627 g/mol.